The second-order valence-corrected chi connectivity index (χ2v) is 7.79. The lowest BCUT2D eigenvalue weighted by Gasteiger charge is -2.05. The highest BCUT2D eigenvalue weighted by molar-refractivity contribution is 7.18. The molecule has 0 bridgehead atoms. The molecule has 0 unspecified atom stereocenters. The van der Waals surface area contributed by atoms with Crippen molar-refractivity contribution in [2.24, 2.45) is 0 Å². The van der Waals surface area contributed by atoms with E-state index in [1.54, 1.807) is 6.92 Å². The Labute approximate surface area is 178 Å². The maximum Gasteiger partial charge on any atom is 0.350 e. The van der Waals surface area contributed by atoms with E-state index in [1.807, 2.05) is 83.7 Å². The van der Waals surface area contributed by atoms with Crippen LogP contribution in [0.25, 0.3) is 21.2 Å². The Bertz CT molecular complexity index is 1200. The number of nitrogens with zero attached hydrogens (tertiary/aromatic N) is 1. The summed E-state index contributed by atoms with van der Waals surface area (Å²) in [5.74, 6) is -0.642. The number of rotatable bonds is 6. The number of carbonyl (C=O) groups excluding carboxylic acids is 2. The van der Waals surface area contributed by atoms with E-state index in [9.17, 15) is 9.59 Å². The molecule has 150 valence electrons. The first-order valence-corrected chi connectivity index (χ1v) is 10.5. The third-order valence-electron chi connectivity index (χ3n) is 4.60. The van der Waals surface area contributed by atoms with Gasteiger partial charge in [-0.25, -0.2) is 4.79 Å². The largest absolute Gasteiger partial charge is 0.462 e. The number of nitrogens with one attached hydrogen (secondary N) is 1. The average Bonchev–Trinajstić information content (AvgIpc) is 3.18. The number of esters is 1. The highest BCUT2D eigenvalue weighted by atomic mass is 32.1. The molecule has 2 aromatic heterocycles. The van der Waals surface area contributed by atoms with Gasteiger partial charge in [0, 0.05) is 16.3 Å². The van der Waals surface area contributed by atoms with Gasteiger partial charge in [0.25, 0.3) is 5.91 Å². The molecular formula is C24H21N2O3S+. The van der Waals surface area contributed by atoms with Gasteiger partial charge >= 0.3 is 5.97 Å². The van der Waals surface area contributed by atoms with Crippen molar-refractivity contribution in [2.75, 3.05) is 11.9 Å². The van der Waals surface area contributed by atoms with Crippen molar-refractivity contribution in [3.8, 4) is 10.4 Å². The summed E-state index contributed by atoms with van der Waals surface area (Å²) < 4.78 is 7.01. The van der Waals surface area contributed by atoms with Gasteiger partial charge in [0.05, 0.1) is 12.3 Å². The number of carbonyl (C=O) groups is 2. The number of aromatic nitrogens is 1. The summed E-state index contributed by atoms with van der Waals surface area (Å²) in [5, 5.41) is 5.06. The average molecular weight is 418 g/mol. The summed E-state index contributed by atoms with van der Waals surface area (Å²) in [4.78, 5) is 26.4. The highest BCUT2D eigenvalue weighted by Crippen LogP contribution is 2.35. The summed E-state index contributed by atoms with van der Waals surface area (Å²) in [6.07, 6.45) is 3.81. The van der Waals surface area contributed by atoms with Crippen LogP contribution < -0.4 is 9.88 Å². The van der Waals surface area contributed by atoms with Crippen LogP contribution in [-0.2, 0) is 16.1 Å². The summed E-state index contributed by atoms with van der Waals surface area (Å²) in [7, 11) is 0. The number of thiophene rings is 1. The summed E-state index contributed by atoms with van der Waals surface area (Å²) in [5.41, 5.74) is 1.46. The van der Waals surface area contributed by atoms with Crippen LogP contribution in [0.1, 0.15) is 16.6 Å². The van der Waals surface area contributed by atoms with Crippen molar-refractivity contribution < 1.29 is 18.9 Å². The first kappa shape index (κ1) is 19.8. The molecule has 0 saturated carbocycles. The second kappa shape index (κ2) is 8.88. The molecule has 0 aliphatic rings. The van der Waals surface area contributed by atoms with E-state index in [4.69, 9.17) is 4.74 Å². The zero-order chi connectivity index (χ0) is 20.9. The maximum atomic E-state index is 12.7. The number of fused-ring (bicyclic) bond motifs is 1. The SMILES string of the molecule is CCOC(=O)c1sc(-c2ccccc2)cc1NC(=O)C[n+]1ccc2ccccc2c1. The third kappa shape index (κ3) is 4.39. The minimum atomic E-state index is -0.432. The van der Waals surface area contributed by atoms with Gasteiger partial charge in [0.2, 0.25) is 6.54 Å². The highest BCUT2D eigenvalue weighted by Gasteiger charge is 2.21. The Kier molecular flexibility index (Phi) is 5.86. The monoisotopic (exact) mass is 417 g/mol. The van der Waals surface area contributed by atoms with Gasteiger partial charge in [-0.2, -0.15) is 4.57 Å². The van der Waals surface area contributed by atoms with Gasteiger partial charge in [0.15, 0.2) is 12.4 Å². The van der Waals surface area contributed by atoms with Crippen LogP contribution in [0.15, 0.2) is 79.1 Å². The molecule has 0 saturated heterocycles. The zero-order valence-corrected chi connectivity index (χ0v) is 17.3. The molecule has 30 heavy (non-hydrogen) atoms. The lowest BCUT2D eigenvalue weighted by atomic mass is 10.2. The van der Waals surface area contributed by atoms with E-state index in [1.165, 1.54) is 11.3 Å². The molecule has 2 aromatic carbocycles. The first-order chi connectivity index (χ1) is 14.6. The van der Waals surface area contributed by atoms with E-state index >= 15 is 0 Å². The summed E-state index contributed by atoms with van der Waals surface area (Å²) >= 11 is 1.31. The van der Waals surface area contributed by atoms with Gasteiger partial charge in [-0.3, -0.25) is 4.79 Å². The Balaban J connectivity index is 1.57. The fourth-order valence-electron chi connectivity index (χ4n) is 3.21. The van der Waals surface area contributed by atoms with Crippen LogP contribution >= 0.6 is 11.3 Å². The van der Waals surface area contributed by atoms with Crippen LogP contribution in [-0.4, -0.2) is 18.5 Å². The number of amides is 1. The molecule has 4 rings (SSSR count). The topological polar surface area (TPSA) is 59.3 Å². The molecule has 1 N–H and O–H groups in total. The Hall–Kier alpha value is -3.51. The Morgan fingerprint density at radius 3 is 2.50 bits per heavy atom. The molecule has 0 radical (unpaired) electrons. The molecule has 0 spiro atoms. The Morgan fingerprint density at radius 1 is 1.00 bits per heavy atom. The van der Waals surface area contributed by atoms with E-state index in [2.05, 4.69) is 5.32 Å². The minimum absolute atomic E-state index is 0.142. The third-order valence-corrected chi connectivity index (χ3v) is 5.76. The van der Waals surface area contributed by atoms with E-state index < -0.39 is 5.97 Å². The molecular weight excluding hydrogens is 396 g/mol. The van der Waals surface area contributed by atoms with Gasteiger partial charge in [-0.1, -0.05) is 48.5 Å². The molecule has 5 nitrogen and oxygen atoms in total. The number of pyridine rings is 1. The van der Waals surface area contributed by atoms with Crippen molar-refractivity contribution >= 4 is 39.7 Å². The first-order valence-electron chi connectivity index (χ1n) is 9.68. The van der Waals surface area contributed by atoms with E-state index in [0.717, 1.165) is 21.2 Å². The van der Waals surface area contributed by atoms with Crippen LogP contribution in [0.2, 0.25) is 0 Å². The smallest absolute Gasteiger partial charge is 0.350 e. The normalized spacial score (nSPS) is 10.7. The zero-order valence-electron chi connectivity index (χ0n) is 16.5. The lowest BCUT2D eigenvalue weighted by Crippen LogP contribution is -2.39. The van der Waals surface area contributed by atoms with Crippen LogP contribution in [0, 0.1) is 0 Å². The predicted molar refractivity (Wildman–Crippen MR) is 118 cm³/mol. The molecule has 2 heterocycles. The predicted octanol–water partition coefficient (Wildman–Crippen LogP) is 4.67. The van der Waals surface area contributed by atoms with E-state index in [0.29, 0.717) is 10.6 Å². The van der Waals surface area contributed by atoms with Crippen LogP contribution in [0.4, 0.5) is 5.69 Å². The molecule has 1 amide bonds. The maximum absolute atomic E-state index is 12.7. The molecule has 4 aromatic rings. The van der Waals surface area contributed by atoms with Crippen LogP contribution in [0.5, 0.6) is 0 Å². The fraction of sp³-hybridized carbons (Fsp3) is 0.125. The van der Waals surface area contributed by atoms with Crippen LogP contribution in [0.3, 0.4) is 0 Å². The number of hydrogen-bond donors (Lipinski definition) is 1. The number of ether oxygens (including phenoxy) is 1. The van der Waals surface area contributed by atoms with Crippen molar-refractivity contribution in [1.82, 2.24) is 0 Å². The van der Waals surface area contributed by atoms with Gasteiger partial charge in [0.1, 0.15) is 4.88 Å². The van der Waals surface area contributed by atoms with Crippen molar-refractivity contribution in [1.29, 1.82) is 0 Å². The van der Waals surface area contributed by atoms with Crippen molar-refractivity contribution in [3.05, 3.63) is 84.0 Å². The van der Waals surface area contributed by atoms with Gasteiger partial charge < -0.3 is 10.1 Å². The molecule has 0 fully saturated rings. The lowest BCUT2D eigenvalue weighted by molar-refractivity contribution is -0.682. The summed E-state index contributed by atoms with van der Waals surface area (Å²) in [6, 6.07) is 21.5. The Morgan fingerprint density at radius 2 is 1.73 bits per heavy atom. The van der Waals surface area contributed by atoms with Crippen molar-refractivity contribution in [2.45, 2.75) is 13.5 Å². The molecule has 6 heteroatoms. The molecule has 0 aliphatic carbocycles. The number of benzene rings is 2. The van der Waals surface area contributed by atoms with Gasteiger partial charge in [-0.05, 0) is 30.0 Å². The molecule has 0 atom stereocenters. The number of hydrogen-bond acceptors (Lipinski definition) is 4. The minimum Gasteiger partial charge on any atom is -0.462 e. The molecule has 0 aliphatic heterocycles. The van der Waals surface area contributed by atoms with Crippen molar-refractivity contribution in [3.63, 3.8) is 0 Å². The van der Waals surface area contributed by atoms with Gasteiger partial charge in [-0.15, -0.1) is 11.3 Å². The second-order valence-electron chi connectivity index (χ2n) is 6.73. The van der Waals surface area contributed by atoms with E-state index in [-0.39, 0.29) is 19.1 Å². The number of anilines is 1. The summed E-state index contributed by atoms with van der Waals surface area (Å²) in [6.45, 7) is 2.18. The quantitative estimate of drug-likeness (QED) is 0.366. The fourth-order valence-corrected chi connectivity index (χ4v) is 4.22. The standard InChI is InChI=1S/C24H20N2O3S/c1-2-29-24(28)23-20(14-21(30-23)18-9-4-3-5-10-18)25-22(27)16-26-13-12-17-8-6-7-11-19(17)15-26/h3-15H,2,16H2,1H3/p+1.